The summed E-state index contributed by atoms with van der Waals surface area (Å²) < 4.78 is 0.308. The van der Waals surface area contributed by atoms with Crippen LogP contribution >= 0.6 is 34.2 Å². The summed E-state index contributed by atoms with van der Waals surface area (Å²) in [6.07, 6.45) is 1.14. The molecular weight excluding hydrogens is 437 g/mol. The van der Waals surface area contributed by atoms with Crippen molar-refractivity contribution in [2.75, 3.05) is 0 Å². The van der Waals surface area contributed by atoms with Gasteiger partial charge in [0, 0.05) is 28.3 Å². The molecule has 0 heterocycles. The first-order valence-electron chi connectivity index (χ1n) is 6.14. The van der Waals surface area contributed by atoms with Crippen molar-refractivity contribution in [3.8, 4) is 5.75 Å². The zero-order chi connectivity index (χ0) is 17.0. The van der Waals surface area contributed by atoms with Crippen molar-refractivity contribution in [3.63, 3.8) is 0 Å². The lowest BCUT2D eigenvalue weighted by Crippen LogP contribution is -2.17. The molecule has 7 nitrogen and oxygen atoms in total. The summed E-state index contributed by atoms with van der Waals surface area (Å²) in [6.45, 7) is 0. The van der Waals surface area contributed by atoms with Crippen LogP contribution in [0.15, 0.2) is 41.5 Å². The second-order valence-corrected chi connectivity index (χ2v) is 5.93. The summed E-state index contributed by atoms with van der Waals surface area (Å²) in [5.74, 6) is -0.627. The quantitative estimate of drug-likeness (QED) is 0.326. The van der Waals surface area contributed by atoms with E-state index < -0.39 is 10.8 Å². The number of phenols is 1. The summed E-state index contributed by atoms with van der Waals surface area (Å²) in [6, 6.07) is 8.58. The molecule has 23 heavy (non-hydrogen) atoms. The number of phenolic OH excluding ortho intramolecular Hbond substituents is 1. The number of amides is 1. The lowest BCUT2D eigenvalue weighted by atomic mass is 10.2. The molecule has 0 atom stereocenters. The number of nitro groups is 1. The predicted octanol–water partition coefficient (Wildman–Crippen LogP) is 3.32. The number of benzene rings is 2. The Kier molecular flexibility index (Phi) is 5.50. The summed E-state index contributed by atoms with van der Waals surface area (Å²) in [4.78, 5) is 22.1. The molecule has 2 aromatic rings. The van der Waals surface area contributed by atoms with Gasteiger partial charge in [-0.15, -0.1) is 0 Å². The molecule has 2 aromatic carbocycles. The average molecular weight is 446 g/mol. The molecule has 0 aromatic heterocycles. The number of rotatable bonds is 4. The standard InChI is InChI=1S/C14H9ClIN3O4/c15-10-3-1-8(2-4-10)14(21)18-17-7-9-5-11(19(22)23)6-12(16)13(9)20/h1-7,20H,(H,18,21)/b17-7-. The van der Waals surface area contributed by atoms with Crippen molar-refractivity contribution in [3.05, 3.63) is 66.2 Å². The van der Waals surface area contributed by atoms with Crippen LogP contribution in [0.3, 0.4) is 0 Å². The molecule has 0 fully saturated rings. The third kappa shape index (κ3) is 4.39. The van der Waals surface area contributed by atoms with Crippen molar-refractivity contribution in [2.45, 2.75) is 0 Å². The van der Waals surface area contributed by atoms with Crippen LogP contribution in [0.4, 0.5) is 5.69 Å². The molecule has 0 unspecified atom stereocenters. The van der Waals surface area contributed by atoms with Crippen LogP contribution < -0.4 is 5.43 Å². The monoisotopic (exact) mass is 445 g/mol. The fraction of sp³-hybridized carbons (Fsp3) is 0. The number of hydrazone groups is 1. The molecule has 0 saturated heterocycles. The first-order chi connectivity index (χ1) is 10.9. The predicted molar refractivity (Wildman–Crippen MR) is 94.0 cm³/mol. The average Bonchev–Trinajstić information content (AvgIpc) is 2.51. The highest BCUT2D eigenvalue weighted by Crippen LogP contribution is 2.28. The van der Waals surface area contributed by atoms with Gasteiger partial charge in [0.1, 0.15) is 5.75 Å². The van der Waals surface area contributed by atoms with Gasteiger partial charge in [-0.1, -0.05) is 11.6 Å². The molecule has 2 N–H and O–H groups in total. The minimum absolute atomic E-state index is 0.125. The van der Waals surface area contributed by atoms with Gasteiger partial charge >= 0.3 is 0 Å². The van der Waals surface area contributed by atoms with Crippen LogP contribution in [0.25, 0.3) is 0 Å². The molecule has 118 valence electrons. The SMILES string of the molecule is O=C(N/N=C\c1cc([N+](=O)[O-])cc(I)c1O)c1ccc(Cl)cc1. The van der Waals surface area contributed by atoms with E-state index in [9.17, 15) is 20.0 Å². The molecule has 1 amide bonds. The van der Waals surface area contributed by atoms with E-state index >= 15 is 0 Å². The van der Waals surface area contributed by atoms with Crippen LogP contribution in [0, 0.1) is 13.7 Å². The fourth-order valence-corrected chi connectivity index (χ4v) is 2.39. The van der Waals surface area contributed by atoms with Crippen LogP contribution in [0.1, 0.15) is 15.9 Å². The molecule has 0 spiro atoms. The van der Waals surface area contributed by atoms with Gasteiger partial charge in [-0.25, -0.2) is 5.43 Å². The lowest BCUT2D eigenvalue weighted by Gasteiger charge is -2.03. The van der Waals surface area contributed by atoms with Gasteiger partial charge < -0.3 is 5.11 Å². The molecule has 0 radical (unpaired) electrons. The zero-order valence-electron chi connectivity index (χ0n) is 11.4. The molecule has 2 rings (SSSR count). The molecular formula is C14H9ClIN3O4. The Balaban J connectivity index is 2.15. The van der Waals surface area contributed by atoms with Crippen molar-refractivity contribution >= 4 is 52.0 Å². The van der Waals surface area contributed by atoms with E-state index in [0.717, 1.165) is 12.3 Å². The van der Waals surface area contributed by atoms with Gasteiger partial charge in [0.05, 0.1) is 14.7 Å². The maximum absolute atomic E-state index is 11.8. The number of carbonyl (C=O) groups excluding carboxylic acids is 1. The summed E-state index contributed by atoms with van der Waals surface area (Å²) in [7, 11) is 0. The van der Waals surface area contributed by atoms with Crippen molar-refractivity contribution < 1.29 is 14.8 Å². The lowest BCUT2D eigenvalue weighted by molar-refractivity contribution is -0.385. The molecule has 9 heteroatoms. The fourth-order valence-electron chi connectivity index (χ4n) is 1.64. The number of nitro benzene ring substituents is 1. The van der Waals surface area contributed by atoms with Gasteiger partial charge in [0.15, 0.2) is 0 Å². The van der Waals surface area contributed by atoms with Gasteiger partial charge in [-0.3, -0.25) is 14.9 Å². The Labute approximate surface area is 149 Å². The minimum Gasteiger partial charge on any atom is -0.506 e. The van der Waals surface area contributed by atoms with E-state index in [1.807, 2.05) is 0 Å². The molecule has 0 saturated carbocycles. The summed E-state index contributed by atoms with van der Waals surface area (Å²) >= 11 is 7.50. The Morgan fingerprint density at radius 2 is 2.00 bits per heavy atom. The smallest absolute Gasteiger partial charge is 0.271 e. The number of non-ortho nitro benzene ring substituents is 1. The van der Waals surface area contributed by atoms with E-state index in [1.54, 1.807) is 34.7 Å². The number of aromatic hydroxyl groups is 1. The number of halogens is 2. The first kappa shape index (κ1) is 17.2. The van der Waals surface area contributed by atoms with E-state index in [1.165, 1.54) is 18.2 Å². The molecule has 0 aliphatic rings. The summed E-state index contributed by atoms with van der Waals surface area (Å²) in [5.41, 5.74) is 2.56. The minimum atomic E-state index is -0.578. The van der Waals surface area contributed by atoms with Crippen molar-refractivity contribution in [1.82, 2.24) is 5.43 Å². The second kappa shape index (κ2) is 7.38. The van der Waals surface area contributed by atoms with Gasteiger partial charge in [0.2, 0.25) is 0 Å². The zero-order valence-corrected chi connectivity index (χ0v) is 14.3. The maximum Gasteiger partial charge on any atom is 0.271 e. The second-order valence-electron chi connectivity index (χ2n) is 4.33. The highest BCUT2D eigenvalue weighted by Gasteiger charge is 2.13. The molecule has 0 aliphatic carbocycles. The highest BCUT2D eigenvalue weighted by molar-refractivity contribution is 14.1. The summed E-state index contributed by atoms with van der Waals surface area (Å²) in [5, 5.41) is 24.9. The third-order valence-electron chi connectivity index (χ3n) is 2.76. The number of nitrogens with one attached hydrogen (secondary N) is 1. The Hall–Kier alpha value is -2.20. The van der Waals surface area contributed by atoms with Crippen LogP contribution in [0.5, 0.6) is 5.75 Å². The number of hydrogen-bond donors (Lipinski definition) is 2. The molecule has 0 bridgehead atoms. The van der Waals surface area contributed by atoms with Gasteiger partial charge in [-0.2, -0.15) is 5.10 Å². The van der Waals surface area contributed by atoms with Crippen LogP contribution in [-0.4, -0.2) is 22.2 Å². The van der Waals surface area contributed by atoms with Crippen molar-refractivity contribution in [1.29, 1.82) is 0 Å². The van der Waals surface area contributed by atoms with E-state index in [2.05, 4.69) is 10.5 Å². The third-order valence-corrected chi connectivity index (χ3v) is 3.84. The first-order valence-corrected chi connectivity index (χ1v) is 7.60. The van der Waals surface area contributed by atoms with Gasteiger partial charge in [-0.05, 0) is 46.9 Å². The van der Waals surface area contributed by atoms with E-state index in [4.69, 9.17) is 11.6 Å². The Morgan fingerprint density at radius 1 is 1.35 bits per heavy atom. The van der Waals surface area contributed by atoms with Crippen LogP contribution in [0.2, 0.25) is 5.02 Å². The number of nitrogens with zero attached hydrogens (tertiary/aromatic N) is 2. The maximum atomic E-state index is 11.8. The normalized spacial score (nSPS) is 10.7. The highest BCUT2D eigenvalue weighted by atomic mass is 127. The topological polar surface area (TPSA) is 105 Å². The number of hydrogen-bond acceptors (Lipinski definition) is 5. The van der Waals surface area contributed by atoms with E-state index in [0.29, 0.717) is 14.2 Å². The largest absolute Gasteiger partial charge is 0.506 e. The Bertz CT molecular complexity index is 793. The van der Waals surface area contributed by atoms with Crippen LogP contribution in [-0.2, 0) is 0 Å². The van der Waals surface area contributed by atoms with Gasteiger partial charge in [0.25, 0.3) is 11.6 Å². The Morgan fingerprint density at radius 3 is 2.61 bits per heavy atom. The van der Waals surface area contributed by atoms with Crippen molar-refractivity contribution in [2.24, 2.45) is 5.10 Å². The molecule has 0 aliphatic heterocycles. The number of carbonyl (C=O) groups is 1. The van der Waals surface area contributed by atoms with E-state index in [-0.39, 0.29) is 17.0 Å².